The van der Waals surface area contributed by atoms with E-state index >= 15 is 0 Å². The zero-order valence-corrected chi connectivity index (χ0v) is 14.5. The number of rotatable bonds is 6. The second-order valence-electron chi connectivity index (χ2n) is 5.96. The third-order valence-electron chi connectivity index (χ3n) is 4.25. The quantitative estimate of drug-likeness (QED) is 0.477. The predicted molar refractivity (Wildman–Crippen MR) is 104 cm³/mol. The molecule has 0 atom stereocenters. The van der Waals surface area contributed by atoms with E-state index in [0.29, 0.717) is 6.61 Å². The highest BCUT2D eigenvalue weighted by molar-refractivity contribution is 5.88. The molecule has 0 fully saturated rings. The molecule has 24 heavy (non-hydrogen) atoms. The van der Waals surface area contributed by atoms with Crippen LogP contribution in [0.3, 0.4) is 0 Å². The molecule has 0 aromatic heterocycles. The van der Waals surface area contributed by atoms with Gasteiger partial charge in [-0.2, -0.15) is 0 Å². The number of ether oxygens (including phenoxy) is 1. The Bertz CT molecular complexity index is 828. The smallest absolute Gasteiger partial charge is 0.119 e. The van der Waals surface area contributed by atoms with Crippen LogP contribution >= 0.6 is 0 Å². The Morgan fingerprint density at radius 2 is 1.54 bits per heavy atom. The van der Waals surface area contributed by atoms with Crippen LogP contribution in [0, 0.1) is 0 Å². The first-order valence-electron chi connectivity index (χ1n) is 8.67. The highest BCUT2D eigenvalue weighted by Gasteiger charge is 2.02. The molecule has 122 valence electrons. The molecule has 0 heterocycles. The molecule has 0 bridgehead atoms. The third-order valence-corrected chi connectivity index (χ3v) is 4.25. The maximum atomic E-state index is 5.58. The van der Waals surface area contributed by atoms with Crippen LogP contribution in [0.15, 0.2) is 72.8 Å². The average Bonchev–Trinajstić information content (AvgIpc) is 2.62. The summed E-state index contributed by atoms with van der Waals surface area (Å²) in [4.78, 5) is 0. The van der Waals surface area contributed by atoms with Crippen LogP contribution in [-0.2, 0) is 6.42 Å². The van der Waals surface area contributed by atoms with Gasteiger partial charge in [-0.3, -0.25) is 0 Å². The molecule has 1 nitrogen and oxygen atoms in total. The number of hydrogen-bond donors (Lipinski definition) is 0. The largest absolute Gasteiger partial charge is 0.494 e. The van der Waals surface area contributed by atoms with Crippen LogP contribution in [0.5, 0.6) is 5.75 Å². The summed E-state index contributed by atoms with van der Waals surface area (Å²) in [7, 11) is 0. The van der Waals surface area contributed by atoms with Gasteiger partial charge in [-0.1, -0.05) is 54.6 Å². The molecule has 0 unspecified atom stereocenters. The molecule has 0 saturated heterocycles. The molecule has 3 rings (SSSR count). The lowest BCUT2D eigenvalue weighted by Gasteiger charge is -2.08. The lowest BCUT2D eigenvalue weighted by Crippen LogP contribution is -1.90. The van der Waals surface area contributed by atoms with E-state index in [0.717, 1.165) is 18.6 Å². The van der Waals surface area contributed by atoms with Crippen LogP contribution in [0.4, 0.5) is 0 Å². The zero-order chi connectivity index (χ0) is 16.8. The van der Waals surface area contributed by atoms with Gasteiger partial charge in [0.15, 0.2) is 0 Å². The normalized spacial score (nSPS) is 11.2. The number of fused-ring (bicyclic) bond motifs is 1. The van der Waals surface area contributed by atoms with Gasteiger partial charge in [-0.15, -0.1) is 0 Å². The van der Waals surface area contributed by atoms with E-state index in [2.05, 4.69) is 73.7 Å². The van der Waals surface area contributed by atoms with Crippen molar-refractivity contribution in [3.8, 4) is 16.9 Å². The molecule has 3 aromatic rings. The maximum absolute atomic E-state index is 5.58. The third kappa shape index (κ3) is 3.86. The van der Waals surface area contributed by atoms with Crippen molar-refractivity contribution >= 4 is 10.8 Å². The fourth-order valence-corrected chi connectivity index (χ4v) is 2.94. The van der Waals surface area contributed by atoms with Crippen LogP contribution < -0.4 is 4.74 Å². The second-order valence-corrected chi connectivity index (χ2v) is 5.96. The van der Waals surface area contributed by atoms with E-state index in [9.17, 15) is 0 Å². The molecule has 0 amide bonds. The zero-order valence-electron chi connectivity index (χ0n) is 14.5. The van der Waals surface area contributed by atoms with E-state index in [4.69, 9.17) is 4.74 Å². The number of allylic oxidation sites excluding steroid dienone is 2. The van der Waals surface area contributed by atoms with Crippen molar-refractivity contribution in [1.29, 1.82) is 0 Å². The molecule has 0 saturated carbocycles. The Morgan fingerprint density at radius 3 is 2.29 bits per heavy atom. The summed E-state index contributed by atoms with van der Waals surface area (Å²) >= 11 is 0. The molecular weight excluding hydrogens is 292 g/mol. The average molecular weight is 316 g/mol. The van der Waals surface area contributed by atoms with E-state index in [1.54, 1.807) is 0 Å². The standard InChI is InChI=1S/C23H24O/c1-3-5-6-7-18-8-10-19(11-9-18)20-12-13-22-17-23(24-4-2)15-14-21(22)16-20/h3,5,8-17H,4,6-7H2,1-2H3/b5-3+. The Labute approximate surface area is 144 Å². The lowest BCUT2D eigenvalue weighted by molar-refractivity contribution is 0.341. The summed E-state index contributed by atoms with van der Waals surface area (Å²) in [5.74, 6) is 0.934. The van der Waals surface area contributed by atoms with Crippen LogP contribution in [0.2, 0.25) is 0 Å². The van der Waals surface area contributed by atoms with Crippen molar-refractivity contribution in [2.45, 2.75) is 26.7 Å². The van der Waals surface area contributed by atoms with Gasteiger partial charge in [0, 0.05) is 0 Å². The molecule has 0 spiro atoms. The highest BCUT2D eigenvalue weighted by Crippen LogP contribution is 2.27. The van der Waals surface area contributed by atoms with Crippen molar-refractivity contribution in [3.05, 3.63) is 78.4 Å². The summed E-state index contributed by atoms with van der Waals surface area (Å²) in [6.45, 7) is 4.78. The van der Waals surface area contributed by atoms with Crippen molar-refractivity contribution < 1.29 is 4.74 Å². The van der Waals surface area contributed by atoms with Crippen LogP contribution in [0.1, 0.15) is 25.8 Å². The van der Waals surface area contributed by atoms with E-state index in [1.165, 1.54) is 27.5 Å². The molecule has 0 radical (unpaired) electrons. The minimum atomic E-state index is 0.698. The molecular formula is C23H24O. The minimum absolute atomic E-state index is 0.698. The Hall–Kier alpha value is -2.54. The van der Waals surface area contributed by atoms with Gasteiger partial charge in [-0.25, -0.2) is 0 Å². The molecule has 1 heteroatoms. The topological polar surface area (TPSA) is 9.23 Å². The van der Waals surface area contributed by atoms with Crippen molar-refractivity contribution in [2.75, 3.05) is 6.61 Å². The van der Waals surface area contributed by atoms with Crippen molar-refractivity contribution in [2.24, 2.45) is 0 Å². The summed E-state index contributed by atoms with van der Waals surface area (Å²) < 4.78 is 5.58. The Morgan fingerprint density at radius 1 is 0.833 bits per heavy atom. The first kappa shape index (κ1) is 16.3. The second kappa shape index (κ2) is 7.83. The lowest BCUT2D eigenvalue weighted by atomic mass is 9.99. The monoisotopic (exact) mass is 316 g/mol. The van der Waals surface area contributed by atoms with Gasteiger partial charge < -0.3 is 4.74 Å². The predicted octanol–water partition coefficient (Wildman–Crippen LogP) is 6.41. The summed E-state index contributed by atoms with van der Waals surface area (Å²) in [5.41, 5.74) is 3.91. The molecule has 0 aliphatic carbocycles. The summed E-state index contributed by atoms with van der Waals surface area (Å²) in [5, 5.41) is 2.46. The van der Waals surface area contributed by atoms with E-state index in [-0.39, 0.29) is 0 Å². The Balaban J connectivity index is 1.82. The van der Waals surface area contributed by atoms with Gasteiger partial charge in [0.1, 0.15) is 5.75 Å². The first-order valence-corrected chi connectivity index (χ1v) is 8.67. The molecule has 0 aliphatic rings. The fourth-order valence-electron chi connectivity index (χ4n) is 2.94. The summed E-state index contributed by atoms with van der Waals surface area (Å²) in [6.07, 6.45) is 6.53. The SMILES string of the molecule is C/C=C/CCc1ccc(-c2ccc3cc(OCC)ccc3c2)cc1. The van der Waals surface area contributed by atoms with Crippen LogP contribution in [-0.4, -0.2) is 6.61 Å². The fraction of sp³-hybridized carbons (Fsp3) is 0.217. The van der Waals surface area contributed by atoms with Crippen molar-refractivity contribution in [3.63, 3.8) is 0 Å². The Kier molecular flexibility index (Phi) is 5.32. The molecule has 3 aromatic carbocycles. The summed E-state index contributed by atoms with van der Waals surface area (Å²) in [6, 6.07) is 21.8. The van der Waals surface area contributed by atoms with Crippen LogP contribution in [0.25, 0.3) is 21.9 Å². The van der Waals surface area contributed by atoms with Gasteiger partial charge in [-0.05, 0) is 72.4 Å². The number of aryl methyl sites for hydroxylation is 1. The first-order chi connectivity index (χ1) is 11.8. The van der Waals surface area contributed by atoms with E-state index < -0.39 is 0 Å². The van der Waals surface area contributed by atoms with Gasteiger partial charge in [0.05, 0.1) is 6.61 Å². The maximum Gasteiger partial charge on any atom is 0.119 e. The van der Waals surface area contributed by atoms with Gasteiger partial charge in [0.2, 0.25) is 0 Å². The van der Waals surface area contributed by atoms with E-state index in [1.807, 2.05) is 13.0 Å². The highest BCUT2D eigenvalue weighted by atomic mass is 16.5. The van der Waals surface area contributed by atoms with Gasteiger partial charge >= 0.3 is 0 Å². The molecule has 0 N–H and O–H groups in total. The molecule has 0 aliphatic heterocycles. The number of benzene rings is 3. The van der Waals surface area contributed by atoms with Crippen molar-refractivity contribution in [1.82, 2.24) is 0 Å². The van der Waals surface area contributed by atoms with Gasteiger partial charge in [0.25, 0.3) is 0 Å². The minimum Gasteiger partial charge on any atom is -0.494 e. The number of hydrogen-bond acceptors (Lipinski definition) is 1.